The van der Waals surface area contributed by atoms with E-state index in [0.717, 1.165) is 31.2 Å². The Morgan fingerprint density at radius 2 is 1.79 bits per heavy atom. The van der Waals surface area contributed by atoms with Gasteiger partial charge < -0.3 is 15.3 Å². The number of aliphatic hydroxyl groups excluding tert-OH is 1. The molecule has 3 N–H and O–H groups in total. The van der Waals surface area contributed by atoms with Crippen molar-refractivity contribution in [3.63, 3.8) is 0 Å². The van der Waals surface area contributed by atoms with Crippen molar-refractivity contribution in [1.82, 2.24) is 5.32 Å². The molecule has 1 aliphatic rings. The van der Waals surface area contributed by atoms with E-state index in [0.29, 0.717) is 30.9 Å². The standard InChI is InChI=1S/C27H36FN3O2/c1-4-22(5-2)30-26(32)21-12-13-24(23(28)18-21)31-16-14-20(15-17-31)25(27(33)29-6-3)19-10-8-7-9-11-19/h7-13,18,20,22,25H,4-6,14-17H2,1-3H3,(H,29,33)(H,30,32)/p+1. The molecule has 2 aromatic rings. The highest BCUT2D eigenvalue weighted by Gasteiger charge is 2.33. The fourth-order valence-electron chi connectivity index (χ4n) is 4.74. The molecule has 33 heavy (non-hydrogen) atoms. The van der Waals surface area contributed by atoms with E-state index < -0.39 is 0 Å². The highest BCUT2D eigenvalue weighted by molar-refractivity contribution is 5.88. The van der Waals surface area contributed by atoms with Crippen molar-refractivity contribution in [2.75, 3.05) is 24.5 Å². The van der Waals surface area contributed by atoms with Gasteiger partial charge in [0.1, 0.15) is 5.82 Å². The number of hydrogen-bond donors (Lipinski definition) is 3. The number of nitrogens with zero attached hydrogens (tertiary/aromatic N) is 1. The number of carbonyl (C=O) groups excluding carboxylic acids is 1. The first-order valence-corrected chi connectivity index (χ1v) is 12.2. The zero-order valence-corrected chi connectivity index (χ0v) is 20.0. The van der Waals surface area contributed by atoms with Crippen molar-refractivity contribution in [3.8, 4) is 0 Å². The summed E-state index contributed by atoms with van der Waals surface area (Å²) in [5.74, 6) is -0.247. The van der Waals surface area contributed by atoms with Crippen molar-refractivity contribution in [2.24, 2.45) is 5.92 Å². The van der Waals surface area contributed by atoms with Crippen LogP contribution in [0.2, 0.25) is 0 Å². The summed E-state index contributed by atoms with van der Waals surface area (Å²) in [5.41, 5.74) is 2.04. The maximum absolute atomic E-state index is 15.0. The van der Waals surface area contributed by atoms with Gasteiger partial charge in [0.15, 0.2) is 6.04 Å². The molecule has 0 radical (unpaired) electrons. The molecule has 0 saturated carbocycles. The van der Waals surface area contributed by atoms with Crippen LogP contribution < -0.4 is 15.2 Å². The van der Waals surface area contributed by atoms with Crippen molar-refractivity contribution in [3.05, 3.63) is 65.5 Å². The van der Waals surface area contributed by atoms with Gasteiger partial charge in [0.25, 0.3) is 0 Å². The van der Waals surface area contributed by atoms with Gasteiger partial charge >= 0.3 is 5.90 Å². The van der Waals surface area contributed by atoms with E-state index in [4.69, 9.17) is 0 Å². The van der Waals surface area contributed by atoms with Gasteiger partial charge in [-0.15, -0.1) is 0 Å². The van der Waals surface area contributed by atoms with E-state index in [1.807, 2.05) is 42.2 Å². The lowest BCUT2D eigenvalue weighted by atomic mass is 9.79. The van der Waals surface area contributed by atoms with Crippen LogP contribution in [0.4, 0.5) is 10.1 Å². The molecule has 1 heterocycles. The lowest BCUT2D eigenvalue weighted by Crippen LogP contribution is -2.79. The third-order valence-corrected chi connectivity index (χ3v) is 6.69. The predicted octanol–water partition coefficient (Wildman–Crippen LogP) is 3.54. The van der Waals surface area contributed by atoms with Crippen LogP contribution >= 0.6 is 0 Å². The SMILES string of the molecule is CCNC(=O)C(c1ccccc1)C1CCN(c2ccc(C(O)=[NH+]C(CC)CC)cc2F)CC1. The second kappa shape index (κ2) is 11.8. The van der Waals surface area contributed by atoms with Gasteiger partial charge in [-0.05, 0) is 49.4 Å². The Morgan fingerprint density at radius 1 is 1.12 bits per heavy atom. The van der Waals surface area contributed by atoms with Gasteiger partial charge in [0.05, 0.1) is 17.2 Å². The van der Waals surface area contributed by atoms with Crippen molar-refractivity contribution < 1.29 is 19.3 Å². The smallest absolute Gasteiger partial charge is 0.366 e. The molecule has 6 heteroatoms. The number of benzene rings is 2. The summed E-state index contributed by atoms with van der Waals surface area (Å²) in [7, 11) is 0. The maximum atomic E-state index is 15.0. The Kier molecular flexibility index (Phi) is 8.87. The number of rotatable bonds is 9. The summed E-state index contributed by atoms with van der Waals surface area (Å²) < 4.78 is 15.0. The molecule has 2 aromatic carbocycles. The molecular weight excluding hydrogens is 417 g/mol. The summed E-state index contributed by atoms with van der Waals surface area (Å²) in [6.07, 6.45) is 3.39. The Labute approximate surface area is 196 Å². The number of piperidine rings is 1. The quantitative estimate of drug-likeness (QED) is 0.401. The highest BCUT2D eigenvalue weighted by Crippen LogP contribution is 2.35. The highest BCUT2D eigenvalue weighted by atomic mass is 19.1. The first-order valence-electron chi connectivity index (χ1n) is 12.2. The zero-order chi connectivity index (χ0) is 23.8. The maximum Gasteiger partial charge on any atom is 0.366 e. The average Bonchev–Trinajstić information content (AvgIpc) is 2.84. The molecule has 5 nitrogen and oxygen atoms in total. The van der Waals surface area contributed by atoms with E-state index in [2.05, 4.69) is 24.2 Å². The van der Waals surface area contributed by atoms with Crippen LogP contribution in [0.5, 0.6) is 0 Å². The number of anilines is 1. The number of likely N-dealkylation sites (N-methyl/N-ethyl adjacent to an activating group) is 1. The van der Waals surface area contributed by atoms with Crippen LogP contribution in [-0.2, 0) is 4.79 Å². The van der Waals surface area contributed by atoms with Crippen LogP contribution in [0.1, 0.15) is 63.5 Å². The molecule has 1 unspecified atom stereocenters. The van der Waals surface area contributed by atoms with Gasteiger partial charge in [0.2, 0.25) is 5.91 Å². The van der Waals surface area contributed by atoms with Gasteiger partial charge in [-0.2, -0.15) is 0 Å². The lowest BCUT2D eigenvalue weighted by Gasteiger charge is -2.37. The topological polar surface area (TPSA) is 66.5 Å². The lowest BCUT2D eigenvalue weighted by molar-refractivity contribution is -0.511. The van der Waals surface area contributed by atoms with E-state index in [1.54, 1.807) is 12.1 Å². The Hall–Kier alpha value is -2.89. The normalized spacial score (nSPS) is 16.2. The summed E-state index contributed by atoms with van der Waals surface area (Å²) in [6, 6.07) is 15.0. The molecular formula is C27H37FN3O2+. The molecule has 3 rings (SSSR count). The number of aliphatic hydroxyl groups is 1. The first kappa shape index (κ1) is 24.7. The number of carbonyl (C=O) groups is 1. The van der Waals surface area contributed by atoms with E-state index in [-0.39, 0.29) is 35.5 Å². The van der Waals surface area contributed by atoms with Crippen LogP contribution in [0.25, 0.3) is 0 Å². The Morgan fingerprint density at radius 3 is 2.36 bits per heavy atom. The minimum absolute atomic E-state index is 0.0143. The third kappa shape index (κ3) is 6.12. The van der Waals surface area contributed by atoms with Gasteiger partial charge in [-0.3, -0.25) is 4.79 Å². The summed E-state index contributed by atoms with van der Waals surface area (Å²) in [4.78, 5) is 18.0. The minimum Gasteiger partial charge on any atom is -0.460 e. The zero-order valence-electron chi connectivity index (χ0n) is 20.0. The number of amides is 1. The monoisotopic (exact) mass is 454 g/mol. The Balaban J connectivity index is 1.71. The number of nitrogens with one attached hydrogen (secondary N) is 2. The molecule has 1 aliphatic heterocycles. The molecule has 178 valence electrons. The minimum atomic E-state index is -0.341. The third-order valence-electron chi connectivity index (χ3n) is 6.69. The van der Waals surface area contributed by atoms with E-state index in [9.17, 15) is 14.3 Å². The molecule has 1 amide bonds. The molecule has 0 aliphatic carbocycles. The number of hydrogen-bond acceptors (Lipinski definition) is 2. The second-order valence-electron chi connectivity index (χ2n) is 8.78. The van der Waals surface area contributed by atoms with Crippen LogP contribution in [0, 0.1) is 11.7 Å². The number of halogens is 1. The average molecular weight is 455 g/mol. The molecule has 0 aromatic heterocycles. The molecule has 0 bridgehead atoms. The van der Waals surface area contributed by atoms with E-state index in [1.165, 1.54) is 6.07 Å². The van der Waals surface area contributed by atoms with Gasteiger partial charge in [0, 0.05) is 32.5 Å². The van der Waals surface area contributed by atoms with Crippen LogP contribution in [0.15, 0.2) is 48.5 Å². The molecule has 1 atom stereocenters. The molecule has 1 fully saturated rings. The van der Waals surface area contributed by atoms with Crippen molar-refractivity contribution in [2.45, 2.75) is 58.4 Å². The van der Waals surface area contributed by atoms with Crippen LogP contribution in [0.3, 0.4) is 0 Å². The van der Waals surface area contributed by atoms with Crippen molar-refractivity contribution in [1.29, 1.82) is 0 Å². The second-order valence-corrected chi connectivity index (χ2v) is 8.78. The van der Waals surface area contributed by atoms with Crippen molar-refractivity contribution >= 4 is 17.5 Å². The van der Waals surface area contributed by atoms with Gasteiger partial charge in [-0.1, -0.05) is 44.2 Å². The fourth-order valence-corrected chi connectivity index (χ4v) is 4.74. The van der Waals surface area contributed by atoms with E-state index >= 15 is 0 Å². The summed E-state index contributed by atoms with van der Waals surface area (Å²) >= 11 is 0. The van der Waals surface area contributed by atoms with Crippen LogP contribution in [-0.4, -0.2) is 42.6 Å². The first-order chi connectivity index (χ1) is 16.0. The predicted molar refractivity (Wildman–Crippen MR) is 131 cm³/mol. The summed E-state index contributed by atoms with van der Waals surface area (Å²) in [6.45, 7) is 8.02. The fraction of sp³-hybridized carbons (Fsp3) is 0.481. The van der Waals surface area contributed by atoms with Gasteiger partial charge in [-0.25, -0.2) is 9.38 Å². The molecule has 0 spiro atoms. The Bertz CT molecular complexity index is 936. The summed E-state index contributed by atoms with van der Waals surface area (Å²) in [5, 5.41) is 13.4. The largest absolute Gasteiger partial charge is 0.460 e. The molecule has 1 saturated heterocycles.